The SMILES string of the molecule is CC.CC(=O)N1CC(c2cc(C)nn2C(C)C)C1. The first-order chi connectivity index (χ1) is 8.49. The molecule has 2 rings (SSSR count). The molecule has 0 spiro atoms. The number of carbonyl (C=O) groups excluding carboxylic acids is 1. The van der Waals surface area contributed by atoms with Gasteiger partial charge < -0.3 is 4.90 Å². The average Bonchev–Trinajstić information content (AvgIpc) is 2.60. The monoisotopic (exact) mass is 251 g/mol. The number of aromatic nitrogens is 2. The van der Waals surface area contributed by atoms with Crippen LogP contribution in [0.2, 0.25) is 0 Å². The van der Waals surface area contributed by atoms with Gasteiger partial charge in [-0.25, -0.2) is 0 Å². The number of amides is 1. The second-order valence-corrected chi connectivity index (χ2v) is 4.87. The summed E-state index contributed by atoms with van der Waals surface area (Å²) >= 11 is 0. The van der Waals surface area contributed by atoms with Crippen molar-refractivity contribution < 1.29 is 4.79 Å². The molecule has 0 saturated carbocycles. The molecular weight excluding hydrogens is 226 g/mol. The lowest BCUT2D eigenvalue weighted by Crippen LogP contribution is -2.48. The highest BCUT2D eigenvalue weighted by molar-refractivity contribution is 5.74. The summed E-state index contributed by atoms with van der Waals surface area (Å²) in [6, 6.07) is 2.53. The van der Waals surface area contributed by atoms with Crippen molar-refractivity contribution in [3.8, 4) is 0 Å². The number of hydrogen-bond donors (Lipinski definition) is 0. The standard InChI is InChI=1S/C12H19N3O.C2H6/c1-8(2)15-12(5-9(3)13-15)11-6-14(7-11)10(4)16;1-2/h5,8,11H,6-7H2,1-4H3;1-2H3. The van der Waals surface area contributed by atoms with Crippen molar-refractivity contribution >= 4 is 5.91 Å². The van der Waals surface area contributed by atoms with Crippen LogP contribution in [0.25, 0.3) is 0 Å². The van der Waals surface area contributed by atoms with Gasteiger partial charge in [0, 0.05) is 37.7 Å². The van der Waals surface area contributed by atoms with Gasteiger partial charge in [-0.2, -0.15) is 5.10 Å². The summed E-state index contributed by atoms with van der Waals surface area (Å²) < 4.78 is 2.08. The van der Waals surface area contributed by atoms with E-state index in [9.17, 15) is 4.79 Å². The van der Waals surface area contributed by atoms with E-state index in [1.54, 1.807) is 6.92 Å². The van der Waals surface area contributed by atoms with E-state index in [2.05, 4.69) is 29.7 Å². The second kappa shape index (κ2) is 6.03. The third-order valence-corrected chi connectivity index (χ3v) is 3.12. The van der Waals surface area contributed by atoms with Crippen molar-refractivity contribution in [3.63, 3.8) is 0 Å². The second-order valence-electron chi connectivity index (χ2n) is 4.87. The van der Waals surface area contributed by atoms with Crippen LogP contribution in [0.4, 0.5) is 0 Å². The van der Waals surface area contributed by atoms with Crippen molar-refractivity contribution in [1.82, 2.24) is 14.7 Å². The summed E-state index contributed by atoms with van der Waals surface area (Å²) in [6.07, 6.45) is 0. The molecule has 0 aromatic carbocycles. The van der Waals surface area contributed by atoms with E-state index in [1.807, 2.05) is 25.7 Å². The van der Waals surface area contributed by atoms with Gasteiger partial charge in [0.05, 0.1) is 5.69 Å². The lowest BCUT2D eigenvalue weighted by molar-refractivity contribution is -0.133. The fourth-order valence-electron chi connectivity index (χ4n) is 2.18. The van der Waals surface area contributed by atoms with Crippen LogP contribution < -0.4 is 0 Å². The Kier molecular flexibility index (Phi) is 4.93. The van der Waals surface area contributed by atoms with E-state index in [0.29, 0.717) is 12.0 Å². The maximum absolute atomic E-state index is 11.1. The molecule has 0 N–H and O–H groups in total. The Balaban J connectivity index is 0.000000771. The van der Waals surface area contributed by atoms with Crippen molar-refractivity contribution in [2.45, 2.75) is 53.5 Å². The molecule has 1 aliphatic rings. The number of nitrogens with zero attached hydrogens (tertiary/aromatic N) is 3. The summed E-state index contributed by atoms with van der Waals surface area (Å²) in [5, 5.41) is 4.50. The van der Waals surface area contributed by atoms with E-state index in [1.165, 1.54) is 5.69 Å². The molecule has 102 valence electrons. The number of aryl methyl sites for hydroxylation is 1. The van der Waals surface area contributed by atoms with Crippen molar-refractivity contribution in [2.75, 3.05) is 13.1 Å². The highest BCUT2D eigenvalue weighted by atomic mass is 16.2. The molecule has 0 unspecified atom stereocenters. The lowest BCUT2D eigenvalue weighted by atomic mass is 9.95. The number of hydrogen-bond acceptors (Lipinski definition) is 2. The fourth-order valence-corrected chi connectivity index (χ4v) is 2.18. The lowest BCUT2D eigenvalue weighted by Gasteiger charge is -2.39. The van der Waals surface area contributed by atoms with Crippen molar-refractivity contribution in [3.05, 3.63) is 17.5 Å². The van der Waals surface area contributed by atoms with Gasteiger partial charge in [-0.3, -0.25) is 9.48 Å². The predicted octanol–water partition coefficient (Wildman–Crippen LogP) is 2.74. The molecule has 1 aliphatic heterocycles. The van der Waals surface area contributed by atoms with Gasteiger partial charge in [-0.15, -0.1) is 0 Å². The van der Waals surface area contributed by atoms with Crippen LogP contribution in [0.1, 0.15) is 58.0 Å². The van der Waals surface area contributed by atoms with Gasteiger partial charge >= 0.3 is 0 Å². The van der Waals surface area contributed by atoms with E-state index >= 15 is 0 Å². The van der Waals surface area contributed by atoms with Crippen LogP contribution in [0.5, 0.6) is 0 Å². The van der Waals surface area contributed by atoms with Gasteiger partial charge in [-0.1, -0.05) is 13.8 Å². The van der Waals surface area contributed by atoms with E-state index < -0.39 is 0 Å². The molecule has 2 heterocycles. The first kappa shape index (κ1) is 14.7. The minimum Gasteiger partial charge on any atom is -0.341 e. The highest BCUT2D eigenvalue weighted by Crippen LogP contribution is 2.29. The van der Waals surface area contributed by atoms with Gasteiger partial charge in [0.1, 0.15) is 0 Å². The molecule has 0 atom stereocenters. The molecule has 1 saturated heterocycles. The van der Waals surface area contributed by atoms with Crippen LogP contribution in [-0.4, -0.2) is 33.7 Å². The molecule has 0 aliphatic carbocycles. The first-order valence-electron chi connectivity index (χ1n) is 6.80. The quantitative estimate of drug-likeness (QED) is 0.810. The Morgan fingerprint density at radius 1 is 1.39 bits per heavy atom. The minimum atomic E-state index is 0.170. The number of likely N-dealkylation sites (tertiary alicyclic amines) is 1. The largest absolute Gasteiger partial charge is 0.341 e. The Bertz CT molecular complexity index is 403. The molecule has 0 bridgehead atoms. The highest BCUT2D eigenvalue weighted by Gasteiger charge is 2.32. The average molecular weight is 251 g/mol. The molecule has 4 nitrogen and oxygen atoms in total. The summed E-state index contributed by atoms with van der Waals surface area (Å²) in [5.41, 5.74) is 2.33. The maximum atomic E-state index is 11.1. The zero-order valence-electron chi connectivity index (χ0n) is 12.4. The van der Waals surface area contributed by atoms with E-state index in [-0.39, 0.29) is 5.91 Å². The molecular formula is C14H25N3O. The molecule has 1 fully saturated rings. The maximum Gasteiger partial charge on any atom is 0.219 e. The predicted molar refractivity (Wildman–Crippen MR) is 73.7 cm³/mol. The molecule has 1 aromatic rings. The Morgan fingerprint density at radius 3 is 2.39 bits per heavy atom. The smallest absolute Gasteiger partial charge is 0.219 e. The third kappa shape index (κ3) is 2.92. The zero-order chi connectivity index (χ0) is 13.9. The van der Waals surface area contributed by atoms with Crippen LogP contribution in [0, 0.1) is 6.92 Å². The van der Waals surface area contributed by atoms with Crippen LogP contribution in [0.3, 0.4) is 0 Å². The van der Waals surface area contributed by atoms with Gasteiger partial charge in [0.15, 0.2) is 0 Å². The molecule has 18 heavy (non-hydrogen) atoms. The molecule has 0 radical (unpaired) electrons. The number of carbonyl (C=O) groups is 1. The van der Waals surface area contributed by atoms with Crippen LogP contribution in [0.15, 0.2) is 6.07 Å². The summed E-state index contributed by atoms with van der Waals surface area (Å²) in [5.74, 6) is 0.635. The van der Waals surface area contributed by atoms with Crippen molar-refractivity contribution in [2.24, 2.45) is 0 Å². The van der Waals surface area contributed by atoms with E-state index in [0.717, 1.165) is 18.8 Å². The zero-order valence-corrected chi connectivity index (χ0v) is 12.4. The van der Waals surface area contributed by atoms with Gasteiger partial charge in [0.2, 0.25) is 5.91 Å². The Hall–Kier alpha value is -1.32. The topological polar surface area (TPSA) is 38.1 Å². The van der Waals surface area contributed by atoms with Gasteiger partial charge in [0.25, 0.3) is 0 Å². The van der Waals surface area contributed by atoms with Crippen LogP contribution in [-0.2, 0) is 4.79 Å². The van der Waals surface area contributed by atoms with E-state index in [4.69, 9.17) is 0 Å². The summed E-state index contributed by atoms with van der Waals surface area (Å²) in [7, 11) is 0. The van der Waals surface area contributed by atoms with Crippen molar-refractivity contribution in [1.29, 1.82) is 0 Å². The fraction of sp³-hybridized carbons (Fsp3) is 0.714. The third-order valence-electron chi connectivity index (χ3n) is 3.12. The molecule has 1 amide bonds. The van der Waals surface area contributed by atoms with Gasteiger partial charge in [-0.05, 0) is 26.8 Å². The normalized spacial score (nSPS) is 15.2. The summed E-state index contributed by atoms with van der Waals surface area (Å²) in [6.45, 7) is 13.6. The Labute approximate surface area is 110 Å². The molecule has 1 aromatic heterocycles. The molecule has 4 heteroatoms. The Morgan fingerprint density at radius 2 is 1.94 bits per heavy atom. The first-order valence-corrected chi connectivity index (χ1v) is 6.80. The minimum absolute atomic E-state index is 0.170. The van der Waals surface area contributed by atoms with Crippen LogP contribution >= 0.6 is 0 Å². The number of rotatable bonds is 2. The summed E-state index contributed by atoms with van der Waals surface area (Å²) in [4.78, 5) is 13.0.